The first kappa shape index (κ1) is 31.5. The van der Waals surface area contributed by atoms with E-state index in [9.17, 15) is 9.90 Å². The van der Waals surface area contributed by atoms with Gasteiger partial charge in [-0.2, -0.15) is 0 Å². The number of thiophene rings is 1. The predicted octanol–water partition coefficient (Wildman–Crippen LogP) is 8.71. The molecule has 5 rings (SSSR count). The number of hydrogen-bond acceptors (Lipinski definition) is 5. The highest BCUT2D eigenvalue weighted by molar-refractivity contribution is 7.10. The highest BCUT2D eigenvalue weighted by Crippen LogP contribution is 2.30. The zero-order valence-electron chi connectivity index (χ0n) is 26.5. The number of benzene rings is 3. The van der Waals surface area contributed by atoms with Gasteiger partial charge in [-0.1, -0.05) is 62.4 Å². The first-order valence-corrected chi connectivity index (χ1v) is 16.5. The largest absolute Gasteiger partial charge is 0.480 e. The van der Waals surface area contributed by atoms with Crippen LogP contribution in [0.15, 0.2) is 84.2 Å². The lowest BCUT2D eigenvalue weighted by Crippen LogP contribution is -2.30. The Morgan fingerprint density at radius 2 is 1.61 bits per heavy atom. The van der Waals surface area contributed by atoms with Crippen molar-refractivity contribution in [2.75, 3.05) is 11.4 Å². The minimum absolute atomic E-state index is 0.0436. The number of rotatable bonds is 14. The molecule has 0 radical (unpaired) electrons. The molecule has 0 fully saturated rings. The Morgan fingerprint density at radius 3 is 2.25 bits per heavy atom. The van der Waals surface area contributed by atoms with Crippen LogP contribution < -0.4 is 4.90 Å². The molecule has 0 spiro atoms. The van der Waals surface area contributed by atoms with Crippen LogP contribution in [0.5, 0.6) is 0 Å². The van der Waals surface area contributed by atoms with E-state index in [2.05, 4.69) is 97.1 Å². The van der Waals surface area contributed by atoms with Gasteiger partial charge in [-0.25, -0.2) is 4.98 Å². The summed E-state index contributed by atoms with van der Waals surface area (Å²) < 4.78 is 2.05. The van der Waals surface area contributed by atoms with Crippen molar-refractivity contribution < 1.29 is 9.90 Å². The van der Waals surface area contributed by atoms with Gasteiger partial charge in [0.1, 0.15) is 5.82 Å². The van der Waals surface area contributed by atoms with Crippen molar-refractivity contribution in [3.05, 3.63) is 106 Å². The highest BCUT2D eigenvalue weighted by atomic mass is 32.1. The van der Waals surface area contributed by atoms with Gasteiger partial charge in [0.05, 0.1) is 24.1 Å². The Labute approximate surface area is 265 Å². The van der Waals surface area contributed by atoms with E-state index in [4.69, 9.17) is 4.98 Å². The maximum Gasteiger partial charge on any atom is 0.317 e. The lowest BCUT2D eigenvalue weighted by molar-refractivity contribution is -0.138. The first-order chi connectivity index (χ1) is 21.2. The summed E-state index contributed by atoms with van der Waals surface area (Å²) in [5.74, 6) is 0.647. The second kappa shape index (κ2) is 14.2. The number of nitrogens with zero attached hydrogens (tertiary/aromatic N) is 4. The van der Waals surface area contributed by atoms with E-state index in [0.717, 1.165) is 33.8 Å². The van der Waals surface area contributed by atoms with Gasteiger partial charge in [-0.15, -0.1) is 11.3 Å². The van der Waals surface area contributed by atoms with E-state index in [0.29, 0.717) is 25.0 Å². The molecular weight excluding hydrogens is 565 g/mol. The molecule has 7 heteroatoms. The predicted molar refractivity (Wildman–Crippen MR) is 183 cm³/mol. The SMILES string of the molecule is CCC(CC)c1ccc(N(Cc2ccc(-c3csc(CN(CC(=O)O)Cc4nc5ccccc5n4C)c3)cc2)C(C)C)cc1. The number of imidazole rings is 1. The van der Waals surface area contributed by atoms with E-state index in [1.807, 2.05) is 36.2 Å². The van der Waals surface area contributed by atoms with Crippen molar-refractivity contribution in [1.82, 2.24) is 14.5 Å². The summed E-state index contributed by atoms with van der Waals surface area (Å²) in [6.45, 7) is 10.9. The van der Waals surface area contributed by atoms with E-state index in [-0.39, 0.29) is 6.54 Å². The maximum atomic E-state index is 11.7. The van der Waals surface area contributed by atoms with Gasteiger partial charge in [-0.05, 0) is 90.6 Å². The topological polar surface area (TPSA) is 61.6 Å². The fourth-order valence-electron chi connectivity index (χ4n) is 6.00. The Morgan fingerprint density at radius 1 is 0.909 bits per heavy atom. The summed E-state index contributed by atoms with van der Waals surface area (Å²) in [4.78, 5) is 22.0. The van der Waals surface area contributed by atoms with Crippen LogP contribution in [0.25, 0.3) is 22.2 Å². The zero-order chi connectivity index (χ0) is 31.2. The van der Waals surface area contributed by atoms with Gasteiger partial charge in [0, 0.05) is 36.7 Å². The Balaban J connectivity index is 1.26. The number of carboxylic acid groups (broad SMARTS) is 1. The standard InChI is InChI=1S/C37H44N4O2S/c1-6-28(7-2)29-16-18-32(19-17-29)41(26(3)4)21-27-12-14-30(15-13-27)31-20-33(44-25-31)22-40(24-37(42)43)23-36-38-34-10-8-9-11-35(34)39(36)5/h8-20,25-26,28H,6-7,21-24H2,1-5H3,(H,42,43). The second-order valence-electron chi connectivity index (χ2n) is 11.9. The zero-order valence-corrected chi connectivity index (χ0v) is 27.3. The first-order valence-electron chi connectivity index (χ1n) is 15.6. The van der Waals surface area contributed by atoms with Gasteiger partial charge in [0.25, 0.3) is 0 Å². The number of anilines is 1. The van der Waals surface area contributed by atoms with E-state index >= 15 is 0 Å². The molecule has 0 bridgehead atoms. The molecule has 230 valence electrons. The molecule has 0 aliphatic carbocycles. The van der Waals surface area contributed by atoms with Crippen LogP contribution in [0, 0.1) is 0 Å². The second-order valence-corrected chi connectivity index (χ2v) is 12.9. The monoisotopic (exact) mass is 608 g/mol. The van der Waals surface area contributed by atoms with Crippen LogP contribution in [-0.4, -0.2) is 38.1 Å². The van der Waals surface area contributed by atoms with Crippen molar-refractivity contribution >= 4 is 34.0 Å². The van der Waals surface area contributed by atoms with Crippen molar-refractivity contribution in [1.29, 1.82) is 0 Å². The average Bonchev–Trinajstić information content (AvgIpc) is 3.61. The van der Waals surface area contributed by atoms with E-state index in [1.54, 1.807) is 11.3 Å². The van der Waals surface area contributed by atoms with Gasteiger partial charge in [0.15, 0.2) is 0 Å². The van der Waals surface area contributed by atoms with Crippen LogP contribution in [0.3, 0.4) is 0 Å². The molecule has 0 aliphatic rings. The molecule has 0 aliphatic heterocycles. The number of aliphatic carboxylic acids is 1. The molecule has 0 amide bonds. The lowest BCUT2D eigenvalue weighted by Gasteiger charge is -2.30. The summed E-state index contributed by atoms with van der Waals surface area (Å²) in [5.41, 5.74) is 8.26. The van der Waals surface area contributed by atoms with Gasteiger partial charge in [0.2, 0.25) is 0 Å². The molecule has 5 aromatic rings. The van der Waals surface area contributed by atoms with Crippen LogP contribution in [0.4, 0.5) is 5.69 Å². The number of hydrogen-bond donors (Lipinski definition) is 1. The fourth-order valence-corrected chi connectivity index (χ4v) is 6.94. The van der Waals surface area contributed by atoms with Crippen molar-refractivity contribution in [3.8, 4) is 11.1 Å². The van der Waals surface area contributed by atoms with Crippen LogP contribution in [0.2, 0.25) is 0 Å². The third-order valence-electron chi connectivity index (χ3n) is 8.58. The van der Waals surface area contributed by atoms with E-state index < -0.39 is 5.97 Å². The molecule has 0 saturated carbocycles. The Kier molecular flexibility index (Phi) is 10.2. The van der Waals surface area contributed by atoms with E-state index in [1.165, 1.54) is 35.2 Å². The van der Waals surface area contributed by atoms with Gasteiger partial charge in [-0.3, -0.25) is 9.69 Å². The quantitative estimate of drug-likeness (QED) is 0.137. The molecule has 3 aromatic carbocycles. The number of aromatic nitrogens is 2. The summed E-state index contributed by atoms with van der Waals surface area (Å²) in [6, 6.07) is 28.6. The number of carbonyl (C=O) groups is 1. The average molecular weight is 609 g/mol. The smallest absolute Gasteiger partial charge is 0.317 e. The Bertz CT molecular complexity index is 1670. The third-order valence-corrected chi connectivity index (χ3v) is 9.50. The summed E-state index contributed by atoms with van der Waals surface area (Å²) in [6.07, 6.45) is 2.34. The van der Waals surface area contributed by atoms with Crippen LogP contribution >= 0.6 is 11.3 Å². The molecule has 1 N–H and O–H groups in total. The number of aryl methyl sites for hydroxylation is 1. The normalized spacial score (nSPS) is 11.7. The van der Waals surface area contributed by atoms with Crippen LogP contribution in [-0.2, 0) is 31.5 Å². The molecule has 6 nitrogen and oxygen atoms in total. The number of para-hydroxylation sites is 2. The maximum absolute atomic E-state index is 11.7. The van der Waals surface area contributed by atoms with Crippen molar-refractivity contribution in [2.24, 2.45) is 7.05 Å². The van der Waals surface area contributed by atoms with Gasteiger partial charge < -0.3 is 14.6 Å². The summed E-state index contributed by atoms with van der Waals surface area (Å²) in [7, 11) is 1.99. The summed E-state index contributed by atoms with van der Waals surface area (Å²) in [5, 5.41) is 11.8. The minimum atomic E-state index is -0.839. The number of fused-ring (bicyclic) bond motifs is 1. The highest BCUT2D eigenvalue weighted by Gasteiger charge is 2.17. The molecular formula is C37H44N4O2S. The third kappa shape index (κ3) is 7.40. The molecule has 0 saturated heterocycles. The molecule has 2 heterocycles. The van der Waals surface area contributed by atoms with Crippen LogP contribution in [0.1, 0.15) is 68.3 Å². The van der Waals surface area contributed by atoms with Crippen molar-refractivity contribution in [2.45, 2.75) is 72.1 Å². The minimum Gasteiger partial charge on any atom is -0.480 e. The fraction of sp³-hybridized carbons (Fsp3) is 0.351. The summed E-state index contributed by atoms with van der Waals surface area (Å²) >= 11 is 1.67. The lowest BCUT2D eigenvalue weighted by atomic mass is 9.94. The van der Waals surface area contributed by atoms with Crippen molar-refractivity contribution in [3.63, 3.8) is 0 Å². The number of carboxylic acids is 1. The van der Waals surface area contributed by atoms with Gasteiger partial charge >= 0.3 is 5.97 Å². The molecule has 0 unspecified atom stereocenters. The molecule has 2 aromatic heterocycles. The molecule has 0 atom stereocenters. The molecule has 44 heavy (non-hydrogen) atoms. The Hall–Kier alpha value is -3.94.